The number of carbonyl (C=O) groups is 1. The average Bonchev–Trinajstić information content (AvgIpc) is 2.44. The number of amides is 1. The zero-order chi connectivity index (χ0) is 14.4. The van der Waals surface area contributed by atoms with Gasteiger partial charge in [0.05, 0.1) is 6.54 Å². The standard InChI is InChI=1S/C15H22BrN3O/c1-19-8-6-12(7-9-19)10-17-11-15(20)18-14-4-2-13(16)3-5-14/h2-5,12,17H,6-11H2,1H3,(H,18,20). The number of carbonyl (C=O) groups excluding carboxylic acids is 1. The predicted octanol–water partition coefficient (Wildman–Crippen LogP) is 2.32. The average molecular weight is 340 g/mol. The lowest BCUT2D eigenvalue weighted by atomic mass is 9.97. The Bertz CT molecular complexity index is 427. The van der Waals surface area contributed by atoms with Crippen LogP contribution in [0.1, 0.15) is 12.8 Å². The molecule has 2 rings (SSSR count). The van der Waals surface area contributed by atoms with E-state index in [0.29, 0.717) is 12.5 Å². The number of rotatable bonds is 5. The van der Waals surface area contributed by atoms with Crippen LogP contribution in [0.5, 0.6) is 0 Å². The van der Waals surface area contributed by atoms with Gasteiger partial charge in [-0.15, -0.1) is 0 Å². The topological polar surface area (TPSA) is 44.4 Å². The number of likely N-dealkylation sites (tertiary alicyclic amines) is 1. The number of hydrogen-bond donors (Lipinski definition) is 2. The summed E-state index contributed by atoms with van der Waals surface area (Å²) in [6.45, 7) is 3.64. The Morgan fingerprint density at radius 2 is 1.95 bits per heavy atom. The third-order valence-electron chi connectivity index (χ3n) is 3.68. The van der Waals surface area contributed by atoms with E-state index in [9.17, 15) is 4.79 Å². The number of piperidine rings is 1. The molecule has 1 aliphatic heterocycles. The van der Waals surface area contributed by atoms with Crippen LogP contribution < -0.4 is 10.6 Å². The van der Waals surface area contributed by atoms with Gasteiger partial charge in [0.25, 0.3) is 0 Å². The van der Waals surface area contributed by atoms with E-state index < -0.39 is 0 Å². The fourth-order valence-electron chi connectivity index (χ4n) is 2.39. The van der Waals surface area contributed by atoms with E-state index in [1.165, 1.54) is 12.8 Å². The molecule has 0 radical (unpaired) electrons. The second-order valence-corrected chi connectivity index (χ2v) is 6.35. The van der Waals surface area contributed by atoms with Crippen LogP contribution in [0.4, 0.5) is 5.69 Å². The Morgan fingerprint density at radius 3 is 2.60 bits per heavy atom. The fraction of sp³-hybridized carbons (Fsp3) is 0.533. The Labute approximate surface area is 129 Å². The van der Waals surface area contributed by atoms with Gasteiger partial charge in [-0.3, -0.25) is 4.79 Å². The third-order valence-corrected chi connectivity index (χ3v) is 4.21. The number of nitrogens with one attached hydrogen (secondary N) is 2. The van der Waals surface area contributed by atoms with Crippen molar-refractivity contribution in [3.8, 4) is 0 Å². The largest absolute Gasteiger partial charge is 0.325 e. The Balaban J connectivity index is 1.64. The number of nitrogens with zero attached hydrogens (tertiary/aromatic N) is 1. The van der Waals surface area contributed by atoms with Crippen molar-refractivity contribution in [2.45, 2.75) is 12.8 Å². The van der Waals surface area contributed by atoms with Crippen LogP contribution in [0.3, 0.4) is 0 Å². The summed E-state index contributed by atoms with van der Waals surface area (Å²) in [5.41, 5.74) is 0.833. The molecule has 0 atom stereocenters. The van der Waals surface area contributed by atoms with Crippen LogP contribution in [-0.4, -0.2) is 44.0 Å². The van der Waals surface area contributed by atoms with Crippen molar-refractivity contribution in [3.05, 3.63) is 28.7 Å². The molecule has 1 aliphatic rings. The molecule has 1 aromatic rings. The molecule has 1 aromatic carbocycles. The Kier molecular flexibility index (Phi) is 6.01. The monoisotopic (exact) mass is 339 g/mol. The lowest BCUT2D eigenvalue weighted by Crippen LogP contribution is -2.37. The normalized spacial score (nSPS) is 17.1. The minimum absolute atomic E-state index is 0.0141. The third kappa shape index (κ3) is 5.23. The predicted molar refractivity (Wildman–Crippen MR) is 85.9 cm³/mol. The van der Waals surface area contributed by atoms with E-state index in [2.05, 4.69) is 38.5 Å². The number of halogens is 1. The van der Waals surface area contributed by atoms with Crippen LogP contribution in [0.15, 0.2) is 28.7 Å². The molecule has 20 heavy (non-hydrogen) atoms. The van der Waals surface area contributed by atoms with Crippen LogP contribution in [0.2, 0.25) is 0 Å². The van der Waals surface area contributed by atoms with E-state index in [1.807, 2.05) is 24.3 Å². The van der Waals surface area contributed by atoms with Crippen molar-refractivity contribution < 1.29 is 4.79 Å². The minimum Gasteiger partial charge on any atom is -0.325 e. The fourth-order valence-corrected chi connectivity index (χ4v) is 2.66. The highest BCUT2D eigenvalue weighted by atomic mass is 79.9. The highest BCUT2D eigenvalue weighted by Gasteiger charge is 2.16. The molecular weight excluding hydrogens is 318 g/mol. The Morgan fingerprint density at radius 1 is 1.30 bits per heavy atom. The zero-order valence-corrected chi connectivity index (χ0v) is 13.4. The first-order valence-corrected chi connectivity index (χ1v) is 7.87. The smallest absolute Gasteiger partial charge is 0.238 e. The van der Waals surface area contributed by atoms with E-state index in [0.717, 1.165) is 29.8 Å². The lowest BCUT2D eigenvalue weighted by Gasteiger charge is -2.28. The lowest BCUT2D eigenvalue weighted by molar-refractivity contribution is -0.115. The second-order valence-electron chi connectivity index (χ2n) is 5.43. The quantitative estimate of drug-likeness (QED) is 0.865. The summed E-state index contributed by atoms with van der Waals surface area (Å²) in [7, 11) is 2.16. The van der Waals surface area contributed by atoms with Gasteiger partial charge in [0, 0.05) is 10.2 Å². The highest BCUT2D eigenvalue weighted by Crippen LogP contribution is 2.15. The molecule has 1 heterocycles. The van der Waals surface area contributed by atoms with Gasteiger partial charge in [0.1, 0.15) is 0 Å². The molecule has 0 aromatic heterocycles. The summed E-state index contributed by atoms with van der Waals surface area (Å²) in [6, 6.07) is 7.61. The summed E-state index contributed by atoms with van der Waals surface area (Å²) in [6.07, 6.45) is 2.44. The molecule has 0 saturated carbocycles. The molecule has 2 N–H and O–H groups in total. The summed E-state index contributed by atoms with van der Waals surface area (Å²) >= 11 is 3.37. The van der Waals surface area contributed by atoms with E-state index in [4.69, 9.17) is 0 Å². The van der Waals surface area contributed by atoms with Gasteiger partial charge in [-0.05, 0) is 69.7 Å². The van der Waals surface area contributed by atoms with Crippen molar-refractivity contribution in [3.63, 3.8) is 0 Å². The number of hydrogen-bond acceptors (Lipinski definition) is 3. The van der Waals surface area contributed by atoms with Crippen molar-refractivity contribution in [1.29, 1.82) is 0 Å². The van der Waals surface area contributed by atoms with Crippen molar-refractivity contribution >= 4 is 27.5 Å². The van der Waals surface area contributed by atoms with Crippen molar-refractivity contribution in [2.24, 2.45) is 5.92 Å². The van der Waals surface area contributed by atoms with Crippen LogP contribution in [0.25, 0.3) is 0 Å². The molecule has 110 valence electrons. The maximum atomic E-state index is 11.8. The molecule has 1 amide bonds. The van der Waals surface area contributed by atoms with Gasteiger partial charge in [-0.25, -0.2) is 0 Å². The molecule has 4 nitrogen and oxygen atoms in total. The first kappa shape index (κ1) is 15.5. The van der Waals surface area contributed by atoms with E-state index in [-0.39, 0.29) is 5.91 Å². The molecule has 1 saturated heterocycles. The molecule has 0 spiro atoms. The van der Waals surface area contributed by atoms with Gasteiger partial charge in [0.15, 0.2) is 0 Å². The van der Waals surface area contributed by atoms with Crippen LogP contribution in [0, 0.1) is 5.92 Å². The maximum Gasteiger partial charge on any atom is 0.238 e. The van der Waals surface area contributed by atoms with Gasteiger partial charge in [-0.1, -0.05) is 15.9 Å². The number of anilines is 1. The van der Waals surface area contributed by atoms with Crippen molar-refractivity contribution in [2.75, 3.05) is 38.5 Å². The molecule has 0 aliphatic carbocycles. The minimum atomic E-state index is 0.0141. The first-order chi connectivity index (χ1) is 9.63. The molecule has 1 fully saturated rings. The van der Waals surface area contributed by atoms with Crippen molar-refractivity contribution in [1.82, 2.24) is 10.2 Å². The summed E-state index contributed by atoms with van der Waals surface area (Å²) in [5.74, 6) is 0.715. The van der Waals surface area contributed by atoms with Gasteiger partial charge in [-0.2, -0.15) is 0 Å². The maximum absolute atomic E-state index is 11.8. The molecule has 0 bridgehead atoms. The zero-order valence-electron chi connectivity index (χ0n) is 11.9. The molecule has 5 heteroatoms. The van der Waals surface area contributed by atoms with E-state index in [1.54, 1.807) is 0 Å². The van der Waals surface area contributed by atoms with Gasteiger partial charge in [0.2, 0.25) is 5.91 Å². The SMILES string of the molecule is CN1CCC(CNCC(=O)Nc2ccc(Br)cc2)CC1. The molecule has 0 unspecified atom stereocenters. The van der Waals surface area contributed by atoms with Crippen LogP contribution in [-0.2, 0) is 4.79 Å². The summed E-state index contributed by atoms with van der Waals surface area (Å²) < 4.78 is 1.01. The van der Waals surface area contributed by atoms with E-state index >= 15 is 0 Å². The Hall–Kier alpha value is -0.910. The van der Waals surface area contributed by atoms with Gasteiger partial charge < -0.3 is 15.5 Å². The first-order valence-electron chi connectivity index (χ1n) is 7.08. The van der Waals surface area contributed by atoms with Crippen LogP contribution >= 0.6 is 15.9 Å². The highest BCUT2D eigenvalue weighted by molar-refractivity contribution is 9.10. The summed E-state index contributed by atoms with van der Waals surface area (Å²) in [5, 5.41) is 6.14. The number of benzene rings is 1. The second kappa shape index (κ2) is 7.76. The summed E-state index contributed by atoms with van der Waals surface area (Å²) in [4.78, 5) is 14.2. The molecular formula is C15H22BrN3O. The van der Waals surface area contributed by atoms with Gasteiger partial charge >= 0.3 is 0 Å².